The van der Waals surface area contributed by atoms with E-state index >= 15 is 0 Å². The molecule has 0 amide bonds. The van der Waals surface area contributed by atoms with Crippen molar-refractivity contribution in [3.8, 4) is 0 Å². The van der Waals surface area contributed by atoms with E-state index in [0.29, 0.717) is 17.9 Å². The number of benzene rings is 3. The van der Waals surface area contributed by atoms with Crippen LogP contribution in [0.25, 0.3) is 23.1 Å². The van der Waals surface area contributed by atoms with Crippen LogP contribution in [0.4, 0.5) is 0 Å². The van der Waals surface area contributed by atoms with Crippen LogP contribution >= 0.6 is 11.6 Å². The molecule has 1 heterocycles. The van der Waals surface area contributed by atoms with Gasteiger partial charge < -0.3 is 10.2 Å². The van der Waals surface area contributed by atoms with Crippen molar-refractivity contribution in [1.82, 2.24) is 4.98 Å². The Morgan fingerprint density at radius 2 is 1.67 bits per heavy atom. The van der Waals surface area contributed by atoms with E-state index in [9.17, 15) is 10.2 Å². The molecular weight excluding hydrogens is 430 g/mol. The second kappa shape index (κ2) is 10.8. The van der Waals surface area contributed by atoms with E-state index in [1.807, 2.05) is 78.9 Å². The lowest BCUT2D eigenvalue weighted by Crippen LogP contribution is -2.08. The molecule has 4 rings (SSSR count). The van der Waals surface area contributed by atoms with Gasteiger partial charge in [0, 0.05) is 10.4 Å². The van der Waals surface area contributed by atoms with E-state index in [1.54, 1.807) is 6.92 Å². The largest absolute Gasteiger partial charge is 0.393 e. The summed E-state index contributed by atoms with van der Waals surface area (Å²) in [4.78, 5) is 4.66. The van der Waals surface area contributed by atoms with Gasteiger partial charge in [0.25, 0.3) is 0 Å². The number of nitrogens with zero attached hydrogens (tertiary/aromatic N) is 1. The van der Waals surface area contributed by atoms with Gasteiger partial charge in [-0.25, -0.2) is 4.98 Å². The van der Waals surface area contributed by atoms with Gasteiger partial charge in [0.2, 0.25) is 0 Å². The molecule has 4 heteroatoms. The Hall–Kier alpha value is -2.98. The summed E-state index contributed by atoms with van der Waals surface area (Å²) in [6, 6.07) is 25.8. The third-order valence-corrected chi connectivity index (χ3v) is 5.97. The highest BCUT2D eigenvalue weighted by molar-refractivity contribution is 6.31. The van der Waals surface area contributed by atoms with Crippen LogP contribution in [0.15, 0.2) is 78.9 Å². The van der Waals surface area contributed by atoms with Gasteiger partial charge in [-0.3, -0.25) is 0 Å². The summed E-state index contributed by atoms with van der Waals surface area (Å²) in [5.41, 5.74) is 5.93. The summed E-state index contributed by atoms with van der Waals surface area (Å²) in [5, 5.41) is 22.3. The van der Waals surface area contributed by atoms with Crippen molar-refractivity contribution in [2.45, 2.75) is 38.4 Å². The fourth-order valence-corrected chi connectivity index (χ4v) is 4.19. The highest BCUT2D eigenvalue weighted by Gasteiger charge is 2.11. The van der Waals surface area contributed by atoms with E-state index in [4.69, 9.17) is 11.6 Å². The molecule has 0 radical (unpaired) electrons. The number of aryl methyl sites for hydroxylation is 1. The number of rotatable bonds is 8. The Balaban J connectivity index is 1.44. The monoisotopic (exact) mass is 457 g/mol. The number of hydrogen-bond donors (Lipinski definition) is 2. The molecule has 0 fully saturated rings. The molecule has 0 unspecified atom stereocenters. The lowest BCUT2D eigenvalue weighted by molar-refractivity contribution is 0.167. The number of aliphatic hydroxyl groups is 2. The van der Waals surface area contributed by atoms with Crippen LogP contribution in [-0.4, -0.2) is 21.3 Å². The molecule has 1 aromatic heterocycles. The van der Waals surface area contributed by atoms with Crippen molar-refractivity contribution in [3.63, 3.8) is 0 Å². The molecular formula is C29H28ClNO2. The van der Waals surface area contributed by atoms with Crippen molar-refractivity contribution >= 4 is 34.7 Å². The van der Waals surface area contributed by atoms with Crippen LogP contribution in [0, 0.1) is 0 Å². The van der Waals surface area contributed by atoms with Gasteiger partial charge in [0.05, 0.1) is 23.4 Å². The first-order valence-electron chi connectivity index (χ1n) is 11.3. The Morgan fingerprint density at radius 1 is 0.879 bits per heavy atom. The molecule has 0 saturated heterocycles. The molecule has 0 aliphatic rings. The van der Waals surface area contributed by atoms with Crippen molar-refractivity contribution in [2.24, 2.45) is 0 Å². The number of hydrogen-bond acceptors (Lipinski definition) is 3. The standard InChI is InChI=1S/C29H28ClNO2/c1-20(32)17-24-7-3-2-6-22(24)12-16-29(33)25-8-4-5-21(18-25)9-14-27-15-11-23-10-13-26(30)19-28(23)31-27/h2-11,13-15,18-20,29,32-33H,12,16-17H2,1H3/b14-9+/t20-,29+/m1/s1. The molecule has 3 aromatic carbocycles. The molecule has 0 aliphatic heterocycles. The number of aromatic nitrogens is 1. The first kappa shape index (κ1) is 23.2. The predicted molar refractivity (Wildman–Crippen MR) is 137 cm³/mol. The Morgan fingerprint density at radius 3 is 2.48 bits per heavy atom. The maximum absolute atomic E-state index is 10.8. The highest BCUT2D eigenvalue weighted by atomic mass is 35.5. The third kappa shape index (κ3) is 6.29. The minimum atomic E-state index is -0.557. The van der Waals surface area contributed by atoms with Crippen LogP contribution in [0.2, 0.25) is 5.02 Å². The number of aliphatic hydroxyl groups excluding tert-OH is 2. The molecule has 3 nitrogen and oxygen atoms in total. The van der Waals surface area contributed by atoms with Crippen LogP contribution in [0.1, 0.15) is 47.4 Å². The maximum Gasteiger partial charge on any atom is 0.0793 e. The summed E-state index contributed by atoms with van der Waals surface area (Å²) >= 11 is 6.09. The molecule has 0 saturated carbocycles. The van der Waals surface area contributed by atoms with E-state index in [-0.39, 0.29) is 6.10 Å². The Kier molecular flexibility index (Phi) is 7.56. The summed E-state index contributed by atoms with van der Waals surface area (Å²) in [5.74, 6) is 0. The Bertz CT molecular complexity index is 1270. The first-order valence-corrected chi connectivity index (χ1v) is 11.6. The van der Waals surface area contributed by atoms with E-state index in [1.165, 1.54) is 5.56 Å². The summed E-state index contributed by atoms with van der Waals surface area (Å²) in [7, 11) is 0. The van der Waals surface area contributed by atoms with Crippen LogP contribution in [-0.2, 0) is 12.8 Å². The third-order valence-electron chi connectivity index (χ3n) is 5.74. The van der Waals surface area contributed by atoms with E-state index < -0.39 is 6.10 Å². The lowest BCUT2D eigenvalue weighted by Gasteiger charge is -2.15. The SMILES string of the molecule is C[C@@H](O)Cc1ccccc1CC[C@H](O)c1cccc(/C=C/c2ccc3ccc(Cl)cc3n2)c1. The molecule has 0 aliphatic carbocycles. The molecule has 0 bridgehead atoms. The molecule has 2 N–H and O–H groups in total. The summed E-state index contributed by atoms with van der Waals surface area (Å²) < 4.78 is 0. The highest BCUT2D eigenvalue weighted by Crippen LogP contribution is 2.23. The minimum absolute atomic E-state index is 0.381. The van der Waals surface area contributed by atoms with E-state index in [2.05, 4.69) is 17.1 Å². The second-order valence-corrected chi connectivity index (χ2v) is 8.89. The zero-order valence-corrected chi connectivity index (χ0v) is 19.4. The lowest BCUT2D eigenvalue weighted by atomic mass is 9.95. The van der Waals surface area contributed by atoms with Gasteiger partial charge in [0.15, 0.2) is 0 Å². The Labute approximate surface area is 200 Å². The van der Waals surface area contributed by atoms with Crippen molar-refractivity contribution in [3.05, 3.63) is 112 Å². The molecule has 33 heavy (non-hydrogen) atoms. The topological polar surface area (TPSA) is 53.4 Å². The normalized spacial score (nSPS) is 13.5. The van der Waals surface area contributed by atoms with Gasteiger partial charge in [-0.15, -0.1) is 0 Å². The van der Waals surface area contributed by atoms with E-state index in [0.717, 1.165) is 39.7 Å². The first-order chi connectivity index (χ1) is 16.0. The number of fused-ring (bicyclic) bond motifs is 1. The van der Waals surface area contributed by atoms with Gasteiger partial charge in [-0.05, 0) is 78.8 Å². The average Bonchev–Trinajstić information content (AvgIpc) is 2.81. The molecule has 4 aromatic rings. The second-order valence-electron chi connectivity index (χ2n) is 8.45. The maximum atomic E-state index is 10.8. The zero-order chi connectivity index (χ0) is 23.2. The van der Waals surface area contributed by atoms with Gasteiger partial charge in [-0.2, -0.15) is 0 Å². The van der Waals surface area contributed by atoms with Crippen molar-refractivity contribution in [2.75, 3.05) is 0 Å². The fourth-order valence-electron chi connectivity index (χ4n) is 4.03. The molecule has 2 atom stereocenters. The minimum Gasteiger partial charge on any atom is -0.393 e. The van der Waals surface area contributed by atoms with Gasteiger partial charge in [0.1, 0.15) is 0 Å². The van der Waals surface area contributed by atoms with Crippen LogP contribution < -0.4 is 0 Å². The quantitative estimate of drug-likeness (QED) is 0.311. The predicted octanol–water partition coefficient (Wildman–Crippen LogP) is 6.65. The fraction of sp³-hybridized carbons (Fsp3) is 0.207. The van der Waals surface area contributed by atoms with Crippen LogP contribution in [0.5, 0.6) is 0 Å². The summed E-state index contributed by atoms with van der Waals surface area (Å²) in [6.07, 6.45) is 5.05. The average molecular weight is 458 g/mol. The zero-order valence-electron chi connectivity index (χ0n) is 18.7. The summed E-state index contributed by atoms with van der Waals surface area (Å²) in [6.45, 7) is 1.80. The smallest absolute Gasteiger partial charge is 0.0793 e. The van der Waals surface area contributed by atoms with Crippen molar-refractivity contribution in [1.29, 1.82) is 0 Å². The molecule has 0 spiro atoms. The molecule has 168 valence electrons. The van der Waals surface area contributed by atoms with Crippen molar-refractivity contribution < 1.29 is 10.2 Å². The van der Waals surface area contributed by atoms with Gasteiger partial charge in [-0.1, -0.05) is 72.3 Å². The number of halogens is 1. The van der Waals surface area contributed by atoms with Crippen LogP contribution in [0.3, 0.4) is 0 Å². The number of pyridine rings is 1. The van der Waals surface area contributed by atoms with Gasteiger partial charge >= 0.3 is 0 Å².